The Morgan fingerprint density at radius 1 is 1.26 bits per heavy atom. The topological polar surface area (TPSA) is 33.2 Å². The van der Waals surface area contributed by atoms with Crippen molar-refractivity contribution < 1.29 is 9.18 Å². The van der Waals surface area contributed by atoms with Gasteiger partial charge in [-0.2, -0.15) is 0 Å². The lowest BCUT2D eigenvalue weighted by Crippen LogP contribution is -2.38. The van der Waals surface area contributed by atoms with Crippen molar-refractivity contribution in [1.29, 1.82) is 0 Å². The number of hydrogen-bond donors (Lipinski definition) is 0. The third-order valence-electron chi connectivity index (χ3n) is 4.24. The number of hydrogen-bond acceptors (Lipinski definition) is 2. The van der Waals surface area contributed by atoms with Gasteiger partial charge in [0.1, 0.15) is 6.17 Å². The summed E-state index contributed by atoms with van der Waals surface area (Å²) >= 11 is 0. The van der Waals surface area contributed by atoms with Crippen LogP contribution in [0.2, 0.25) is 0 Å². The fourth-order valence-electron chi connectivity index (χ4n) is 2.76. The molecule has 0 N–H and O–H groups in total. The molecule has 23 heavy (non-hydrogen) atoms. The van der Waals surface area contributed by atoms with Crippen molar-refractivity contribution in [3.8, 4) is 11.3 Å². The SMILES string of the molecule is CC(C)N(Cc1ccccc1-c1ccccn1)C(=O)[C@@H]1C[C@@H]1F. The third-order valence-corrected chi connectivity index (χ3v) is 4.24. The Labute approximate surface area is 136 Å². The molecule has 3 nitrogen and oxygen atoms in total. The monoisotopic (exact) mass is 312 g/mol. The Morgan fingerprint density at radius 2 is 1.96 bits per heavy atom. The number of benzene rings is 1. The van der Waals surface area contributed by atoms with Crippen molar-refractivity contribution in [3.63, 3.8) is 0 Å². The minimum atomic E-state index is -0.963. The first kappa shape index (κ1) is 15.7. The fourth-order valence-corrected chi connectivity index (χ4v) is 2.76. The highest BCUT2D eigenvalue weighted by molar-refractivity contribution is 5.82. The summed E-state index contributed by atoms with van der Waals surface area (Å²) in [6.07, 6.45) is 1.16. The van der Waals surface area contributed by atoms with Gasteiger partial charge in [0.05, 0.1) is 11.6 Å². The van der Waals surface area contributed by atoms with Gasteiger partial charge in [0.2, 0.25) is 5.91 Å². The molecule has 0 unspecified atom stereocenters. The van der Waals surface area contributed by atoms with E-state index in [0.717, 1.165) is 16.8 Å². The first-order chi connectivity index (χ1) is 11.1. The maximum absolute atomic E-state index is 13.3. The van der Waals surface area contributed by atoms with Crippen LogP contribution in [0.1, 0.15) is 25.8 Å². The van der Waals surface area contributed by atoms with Crippen LogP contribution in [0, 0.1) is 5.92 Å². The predicted molar refractivity (Wildman–Crippen MR) is 88.4 cm³/mol. The van der Waals surface area contributed by atoms with E-state index in [-0.39, 0.29) is 11.9 Å². The highest BCUT2D eigenvalue weighted by Crippen LogP contribution is 2.36. The van der Waals surface area contributed by atoms with Crippen LogP contribution in [0.4, 0.5) is 4.39 Å². The minimum absolute atomic E-state index is 0.0343. The van der Waals surface area contributed by atoms with Gasteiger partial charge in [-0.1, -0.05) is 30.3 Å². The number of nitrogens with zero attached hydrogens (tertiary/aromatic N) is 2. The molecule has 2 atom stereocenters. The van der Waals surface area contributed by atoms with Crippen LogP contribution < -0.4 is 0 Å². The van der Waals surface area contributed by atoms with Gasteiger partial charge in [0.25, 0.3) is 0 Å². The smallest absolute Gasteiger partial charge is 0.229 e. The van der Waals surface area contributed by atoms with Gasteiger partial charge in [-0.25, -0.2) is 4.39 Å². The van der Waals surface area contributed by atoms with Gasteiger partial charge in [0, 0.05) is 24.3 Å². The van der Waals surface area contributed by atoms with Crippen LogP contribution in [-0.2, 0) is 11.3 Å². The van der Waals surface area contributed by atoms with Gasteiger partial charge in [-0.15, -0.1) is 0 Å². The highest BCUT2D eigenvalue weighted by atomic mass is 19.1. The van der Waals surface area contributed by atoms with Crippen LogP contribution in [0.15, 0.2) is 48.7 Å². The predicted octanol–water partition coefficient (Wildman–Crippen LogP) is 3.84. The zero-order chi connectivity index (χ0) is 16.4. The molecule has 1 aliphatic carbocycles. The summed E-state index contributed by atoms with van der Waals surface area (Å²) in [5.74, 6) is -0.525. The Hall–Kier alpha value is -2.23. The molecule has 0 radical (unpaired) electrons. The van der Waals surface area contributed by atoms with E-state index in [0.29, 0.717) is 13.0 Å². The standard InChI is InChI=1S/C19H21FN2O/c1-13(2)22(19(23)16-11-17(16)20)12-14-7-3-4-8-15(14)18-9-5-6-10-21-18/h3-10,13,16-17H,11-12H2,1-2H3/t16-,17+/m1/s1. The first-order valence-corrected chi connectivity index (χ1v) is 8.01. The lowest BCUT2D eigenvalue weighted by molar-refractivity contribution is -0.135. The molecular formula is C19H21FN2O. The second-order valence-corrected chi connectivity index (χ2v) is 6.29. The molecule has 1 heterocycles. The zero-order valence-electron chi connectivity index (χ0n) is 13.4. The maximum atomic E-state index is 13.3. The van der Waals surface area contributed by atoms with Crippen molar-refractivity contribution in [2.24, 2.45) is 5.92 Å². The summed E-state index contributed by atoms with van der Waals surface area (Å²) in [6.45, 7) is 4.42. The molecule has 2 aromatic rings. The molecule has 0 spiro atoms. The summed E-state index contributed by atoms with van der Waals surface area (Å²) in [6, 6.07) is 13.8. The average molecular weight is 312 g/mol. The molecule has 3 rings (SSSR count). The molecule has 1 fully saturated rings. The second kappa shape index (κ2) is 6.49. The van der Waals surface area contributed by atoms with E-state index < -0.39 is 12.1 Å². The minimum Gasteiger partial charge on any atom is -0.336 e. The molecular weight excluding hydrogens is 291 g/mol. The molecule has 1 saturated carbocycles. The summed E-state index contributed by atoms with van der Waals surface area (Å²) in [4.78, 5) is 18.7. The van der Waals surface area contributed by atoms with Gasteiger partial charge >= 0.3 is 0 Å². The molecule has 1 aliphatic rings. The van der Waals surface area contributed by atoms with Crippen LogP contribution in [-0.4, -0.2) is 28.0 Å². The van der Waals surface area contributed by atoms with Crippen LogP contribution in [0.25, 0.3) is 11.3 Å². The summed E-state index contributed by atoms with van der Waals surface area (Å²) < 4.78 is 13.3. The lowest BCUT2D eigenvalue weighted by atomic mass is 10.0. The molecule has 120 valence electrons. The molecule has 1 aromatic heterocycles. The van der Waals surface area contributed by atoms with Crippen molar-refractivity contribution in [2.75, 3.05) is 0 Å². The lowest BCUT2D eigenvalue weighted by Gasteiger charge is -2.28. The van der Waals surface area contributed by atoms with Crippen LogP contribution in [0.3, 0.4) is 0 Å². The largest absolute Gasteiger partial charge is 0.336 e. The zero-order valence-corrected chi connectivity index (χ0v) is 13.4. The first-order valence-electron chi connectivity index (χ1n) is 8.01. The highest BCUT2D eigenvalue weighted by Gasteiger charge is 2.46. The molecule has 4 heteroatoms. The van der Waals surface area contributed by atoms with E-state index in [1.165, 1.54) is 0 Å². The van der Waals surface area contributed by atoms with Crippen molar-refractivity contribution in [3.05, 3.63) is 54.2 Å². The van der Waals surface area contributed by atoms with E-state index >= 15 is 0 Å². The van der Waals surface area contributed by atoms with E-state index in [1.807, 2.05) is 56.3 Å². The summed E-state index contributed by atoms with van der Waals surface area (Å²) in [5.41, 5.74) is 2.93. The van der Waals surface area contributed by atoms with E-state index in [2.05, 4.69) is 4.98 Å². The van der Waals surface area contributed by atoms with Crippen LogP contribution >= 0.6 is 0 Å². The van der Waals surface area contributed by atoms with Crippen molar-refractivity contribution in [2.45, 2.75) is 39.0 Å². The van der Waals surface area contributed by atoms with Gasteiger partial charge in [-0.05, 0) is 38.0 Å². The number of amides is 1. The number of halogens is 1. The number of alkyl halides is 1. The molecule has 1 aromatic carbocycles. The van der Waals surface area contributed by atoms with Crippen LogP contribution in [0.5, 0.6) is 0 Å². The Kier molecular flexibility index (Phi) is 4.42. The van der Waals surface area contributed by atoms with Crippen molar-refractivity contribution >= 4 is 5.91 Å². The number of pyridine rings is 1. The molecule has 0 bridgehead atoms. The van der Waals surface area contributed by atoms with E-state index in [9.17, 15) is 9.18 Å². The summed E-state index contributed by atoms with van der Waals surface area (Å²) in [5, 5.41) is 0. The molecule has 1 amide bonds. The maximum Gasteiger partial charge on any atom is 0.229 e. The normalized spacial score (nSPS) is 19.7. The summed E-state index contributed by atoms with van der Waals surface area (Å²) in [7, 11) is 0. The number of rotatable bonds is 5. The van der Waals surface area contributed by atoms with Gasteiger partial charge in [0.15, 0.2) is 0 Å². The number of carbonyl (C=O) groups is 1. The third kappa shape index (κ3) is 3.41. The molecule has 0 aliphatic heterocycles. The fraction of sp³-hybridized carbons (Fsp3) is 0.368. The van der Waals surface area contributed by atoms with Crippen molar-refractivity contribution in [1.82, 2.24) is 9.88 Å². The van der Waals surface area contributed by atoms with Gasteiger partial charge in [-0.3, -0.25) is 9.78 Å². The number of carbonyl (C=O) groups excluding carboxylic acids is 1. The van der Waals surface area contributed by atoms with E-state index in [1.54, 1.807) is 11.1 Å². The Bertz CT molecular complexity index is 687. The average Bonchev–Trinajstić information content (AvgIpc) is 3.30. The molecule has 0 saturated heterocycles. The van der Waals surface area contributed by atoms with E-state index in [4.69, 9.17) is 0 Å². The Balaban J connectivity index is 1.88. The number of aromatic nitrogens is 1. The quantitative estimate of drug-likeness (QED) is 0.840. The van der Waals surface area contributed by atoms with Gasteiger partial charge < -0.3 is 4.90 Å². The second-order valence-electron chi connectivity index (χ2n) is 6.29. The Morgan fingerprint density at radius 3 is 2.57 bits per heavy atom.